The summed E-state index contributed by atoms with van der Waals surface area (Å²) < 4.78 is 0. The van der Waals surface area contributed by atoms with Gasteiger partial charge in [0.15, 0.2) is 17.5 Å². The second kappa shape index (κ2) is 8.50. The van der Waals surface area contributed by atoms with E-state index in [2.05, 4.69) is 6.07 Å². The van der Waals surface area contributed by atoms with Crippen LogP contribution in [-0.4, -0.2) is 15.0 Å². The second-order valence-corrected chi connectivity index (χ2v) is 7.53. The topological polar surface area (TPSA) is 38.7 Å². The standard InChI is InChI=1S/C27H18ClN3/c28-22-15-9-14-21(18-22)23-16-7-8-17-24(23)27-30-25(19-10-3-1-4-11-19)29-26(31-27)20-12-5-2-6-13-20/h1-18H. The molecule has 0 saturated heterocycles. The molecule has 0 unspecified atom stereocenters. The first-order valence-electron chi connectivity index (χ1n) is 10.0. The molecule has 3 nitrogen and oxygen atoms in total. The van der Waals surface area contributed by atoms with Gasteiger partial charge in [-0.3, -0.25) is 0 Å². The summed E-state index contributed by atoms with van der Waals surface area (Å²) in [6.45, 7) is 0. The van der Waals surface area contributed by atoms with E-state index in [1.165, 1.54) is 0 Å². The van der Waals surface area contributed by atoms with Crippen LogP contribution >= 0.6 is 11.6 Å². The van der Waals surface area contributed by atoms with Crippen LogP contribution in [0.4, 0.5) is 0 Å². The minimum Gasteiger partial charge on any atom is -0.208 e. The second-order valence-electron chi connectivity index (χ2n) is 7.09. The Bertz CT molecular complexity index is 1280. The summed E-state index contributed by atoms with van der Waals surface area (Å²) in [6, 6.07) is 35.9. The Hall–Kier alpha value is -3.82. The normalized spacial score (nSPS) is 10.7. The van der Waals surface area contributed by atoms with Gasteiger partial charge < -0.3 is 0 Å². The van der Waals surface area contributed by atoms with Gasteiger partial charge in [0, 0.05) is 21.7 Å². The molecule has 0 spiro atoms. The summed E-state index contributed by atoms with van der Waals surface area (Å²) >= 11 is 6.26. The van der Waals surface area contributed by atoms with Crippen LogP contribution in [0.25, 0.3) is 45.3 Å². The van der Waals surface area contributed by atoms with Gasteiger partial charge in [-0.05, 0) is 23.3 Å². The number of aromatic nitrogens is 3. The number of benzene rings is 4. The predicted octanol–water partition coefficient (Wildman–Crippen LogP) is 7.19. The summed E-state index contributed by atoms with van der Waals surface area (Å²) in [5.74, 6) is 1.92. The average molecular weight is 420 g/mol. The minimum atomic E-state index is 0.628. The fourth-order valence-electron chi connectivity index (χ4n) is 3.51. The predicted molar refractivity (Wildman–Crippen MR) is 127 cm³/mol. The lowest BCUT2D eigenvalue weighted by Crippen LogP contribution is -2.01. The van der Waals surface area contributed by atoms with Gasteiger partial charge in [-0.1, -0.05) is 109 Å². The van der Waals surface area contributed by atoms with Crippen LogP contribution in [0.1, 0.15) is 0 Å². The monoisotopic (exact) mass is 419 g/mol. The molecule has 5 aromatic rings. The van der Waals surface area contributed by atoms with Gasteiger partial charge in [0.2, 0.25) is 0 Å². The van der Waals surface area contributed by atoms with Gasteiger partial charge in [-0.15, -0.1) is 0 Å². The number of rotatable bonds is 4. The molecule has 0 bridgehead atoms. The van der Waals surface area contributed by atoms with E-state index in [9.17, 15) is 0 Å². The van der Waals surface area contributed by atoms with Crippen molar-refractivity contribution in [3.05, 3.63) is 114 Å². The zero-order valence-corrected chi connectivity index (χ0v) is 17.4. The van der Waals surface area contributed by atoms with E-state index in [1.807, 2.05) is 103 Å². The molecule has 5 rings (SSSR count). The van der Waals surface area contributed by atoms with Gasteiger partial charge >= 0.3 is 0 Å². The van der Waals surface area contributed by atoms with Gasteiger partial charge in [0.1, 0.15) is 0 Å². The van der Waals surface area contributed by atoms with Gasteiger partial charge in [-0.2, -0.15) is 0 Å². The largest absolute Gasteiger partial charge is 0.208 e. The van der Waals surface area contributed by atoms with Gasteiger partial charge in [-0.25, -0.2) is 15.0 Å². The molecule has 1 aromatic heterocycles. The maximum Gasteiger partial charge on any atom is 0.164 e. The summed E-state index contributed by atoms with van der Waals surface area (Å²) in [7, 11) is 0. The first-order valence-corrected chi connectivity index (χ1v) is 10.4. The van der Waals surface area contributed by atoms with Gasteiger partial charge in [0.25, 0.3) is 0 Å². The van der Waals surface area contributed by atoms with Crippen molar-refractivity contribution in [1.82, 2.24) is 15.0 Å². The van der Waals surface area contributed by atoms with Crippen LogP contribution in [0.5, 0.6) is 0 Å². The first-order chi connectivity index (χ1) is 15.3. The van der Waals surface area contributed by atoms with E-state index in [0.29, 0.717) is 22.5 Å². The average Bonchev–Trinajstić information content (AvgIpc) is 2.85. The zero-order valence-electron chi connectivity index (χ0n) is 16.6. The van der Waals surface area contributed by atoms with Crippen molar-refractivity contribution < 1.29 is 0 Å². The highest BCUT2D eigenvalue weighted by atomic mass is 35.5. The summed E-state index contributed by atoms with van der Waals surface area (Å²) in [5, 5.41) is 0.692. The molecule has 0 aliphatic rings. The molecule has 0 amide bonds. The SMILES string of the molecule is Clc1cccc(-c2ccccc2-c2nc(-c3ccccc3)nc(-c3ccccc3)n2)c1. The Labute approximate surface area is 186 Å². The third-order valence-electron chi connectivity index (χ3n) is 5.00. The molecule has 0 fully saturated rings. The fraction of sp³-hybridized carbons (Fsp3) is 0. The highest BCUT2D eigenvalue weighted by molar-refractivity contribution is 6.30. The Morgan fingerprint density at radius 3 is 1.48 bits per heavy atom. The molecule has 4 heteroatoms. The molecule has 0 saturated carbocycles. The Kier molecular flexibility index (Phi) is 5.26. The van der Waals surface area contributed by atoms with Crippen LogP contribution in [-0.2, 0) is 0 Å². The highest BCUT2D eigenvalue weighted by Crippen LogP contribution is 2.33. The fourth-order valence-corrected chi connectivity index (χ4v) is 3.71. The van der Waals surface area contributed by atoms with E-state index < -0.39 is 0 Å². The molecule has 0 aliphatic heterocycles. The zero-order chi connectivity index (χ0) is 21.0. The lowest BCUT2D eigenvalue weighted by Gasteiger charge is -2.12. The third kappa shape index (κ3) is 4.09. The summed E-state index contributed by atoms with van der Waals surface area (Å²) in [6.07, 6.45) is 0. The molecule has 0 radical (unpaired) electrons. The quantitative estimate of drug-likeness (QED) is 0.309. The lowest BCUT2D eigenvalue weighted by atomic mass is 9.99. The van der Waals surface area contributed by atoms with Gasteiger partial charge in [0.05, 0.1) is 0 Å². The maximum absolute atomic E-state index is 6.26. The number of hydrogen-bond acceptors (Lipinski definition) is 3. The highest BCUT2D eigenvalue weighted by Gasteiger charge is 2.15. The van der Waals surface area contributed by atoms with Crippen LogP contribution < -0.4 is 0 Å². The van der Waals surface area contributed by atoms with E-state index in [-0.39, 0.29) is 0 Å². The molecular formula is C27H18ClN3. The molecule has 4 aromatic carbocycles. The molecule has 31 heavy (non-hydrogen) atoms. The van der Waals surface area contributed by atoms with E-state index in [1.54, 1.807) is 0 Å². The lowest BCUT2D eigenvalue weighted by molar-refractivity contribution is 1.07. The molecule has 0 N–H and O–H groups in total. The van der Waals surface area contributed by atoms with Crippen molar-refractivity contribution >= 4 is 11.6 Å². The minimum absolute atomic E-state index is 0.628. The molecule has 148 valence electrons. The van der Waals surface area contributed by atoms with Crippen molar-refractivity contribution in [3.63, 3.8) is 0 Å². The van der Waals surface area contributed by atoms with Crippen LogP contribution in [0.2, 0.25) is 5.02 Å². The van der Waals surface area contributed by atoms with Crippen molar-refractivity contribution in [3.8, 4) is 45.3 Å². The Balaban J connectivity index is 1.73. The Morgan fingerprint density at radius 1 is 0.419 bits per heavy atom. The first kappa shape index (κ1) is 19.2. The molecule has 0 atom stereocenters. The van der Waals surface area contributed by atoms with E-state index in [0.717, 1.165) is 27.8 Å². The van der Waals surface area contributed by atoms with Crippen LogP contribution in [0.15, 0.2) is 109 Å². The number of hydrogen-bond donors (Lipinski definition) is 0. The molecular weight excluding hydrogens is 402 g/mol. The summed E-state index contributed by atoms with van der Waals surface area (Å²) in [4.78, 5) is 14.5. The summed E-state index contributed by atoms with van der Waals surface area (Å²) in [5.41, 5.74) is 4.87. The molecule has 1 heterocycles. The van der Waals surface area contributed by atoms with Crippen molar-refractivity contribution in [2.75, 3.05) is 0 Å². The third-order valence-corrected chi connectivity index (χ3v) is 5.24. The van der Waals surface area contributed by atoms with Crippen molar-refractivity contribution in [2.45, 2.75) is 0 Å². The van der Waals surface area contributed by atoms with E-state index >= 15 is 0 Å². The van der Waals surface area contributed by atoms with Crippen LogP contribution in [0.3, 0.4) is 0 Å². The number of halogens is 1. The smallest absolute Gasteiger partial charge is 0.164 e. The molecule has 0 aliphatic carbocycles. The van der Waals surface area contributed by atoms with Crippen molar-refractivity contribution in [2.24, 2.45) is 0 Å². The van der Waals surface area contributed by atoms with Crippen LogP contribution in [0, 0.1) is 0 Å². The van der Waals surface area contributed by atoms with Crippen molar-refractivity contribution in [1.29, 1.82) is 0 Å². The number of nitrogens with zero attached hydrogens (tertiary/aromatic N) is 3. The Morgan fingerprint density at radius 2 is 0.903 bits per heavy atom. The van der Waals surface area contributed by atoms with E-state index in [4.69, 9.17) is 26.6 Å². The maximum atomic E-state index is 6.26.